The third kappa shape index (κ3) is 0.841. The Labute approximate surface area is 46.6 Å². The van der Waals surface area contributed by atoms with Crippen molar-refractivity contribution >= 4 is 12.7 Å². The van der Waals surface area contributed by atoms with E-state index in [9.17, 15) is 0 Å². The third-order valence-corrected chi connectivity index (χ3v) is 0.683. The van der Waals surface area contributed by atoms with Crippen LogP contribution in [0.4, 0.5) is 5.95 Å². The average Bonchev–Trinajstić information content (AvgIpc) is 2.19. The zero-order valence-corrected chi connectivity index (χ0v) is 4.26. The van der Waals surface area contributed by atoms with E-state index in [1.54, 1.807) is 12.4 Å². The van der Waals surface area contributed by atoms with Crippen LogP contribution in [-0.4, -0.2) is 16.7 Å². The topological polar surface area (TPSA) is 53.1 Å². The molecule has 1 aromatic heterocycles. The third-order valence-electron chi connectivity index (χ3n) is 0.683. The van der Waals surface area contributed by atoms with Crippen LogP contribution in [0.15, 0.2) is 17.5 Å². The predicted molar refractivity (Wildman–Crippen MR) is 31.8 cm³/mol. The Morgan fingerprint density at radius 3 is 3.25 bits per heavy atom. The van der Waals surface area contributed by atoms with Gasteiger partial charge >= 0.3 is 0 Å². The van der Waals surface area contributed by atoms with Crippen molar-refractivity contribution in [1.82, 2.24) is 9.97 Å². The molecule has 0 unspecified atom stereocenters. The van der Waals surface area contributed by atoms with E-state index >= 15 is 0 Å². The maximum Gasteiger partial charge on any atom is 0.220 e. The zero-order chi connectivity index (χ0) is 5.82. The SMILES string of the molecule is C=NNc1ncc[nH]1. The number of anilines is 1. The lowest BCUT2D eigenvalue weighted by atomic mass is 11.0. The second-order valence-corrected chi connectivity index (χ2v) is 1.21. The number of nitrogens with one attached hydrogen (secondary N) is 2. The van der Waals surface area contributed by atoms with Gasteiger partial charge in [-0.05, 0) is 0 Å². The lowest BCUT2D eigenvalue weighted by Crippen LogP contribution is -1.86. The number of hydrogen-bond donors (Lipinski definition) is 2. The molecule has 0 fully saturated rings. The first-order chi connectivity index (χ1) is 3.93. The molecule has 0 bridgehead atoms. The molecule has 1 aromatic rings. The molecule has 1 rings (SSSR count). The monoisotopic (exact) mass is 110 g/mol. The molecule has 0 atom stereocenters. The molecule has 1 heterocycles. The minimum absolute atomic E-state index is 0.611. The molecule has 0 aliphatic heterocycles. The van der Waals surface area contributed by atoms with E-state index in [-0.39, 0.29) is 0 Å². The van der Waals surface area contributed by atoms with Crippen molar-refractivity contribution in [2.45, 2.75) is 0 Å². The Kier molecular flexibility index (Phi) is 1.27. The van der Waals surface area contributed by atoms with Gasteiger partial charge in [-0.2, -0.15) is 5.10 Å². The number of hydrazone groups is 1. The Bertz CT molecular complexity index is 155. The molecule has 0 saturated carbocycles. The summed E-state index contributed by atoms with van der Waals surface area (Å²) in [7, 11) is 0. The number of aromatic amines is 1. The van der Waals surface area contributed by atoms with Gasteiger partial charge in [-0.25, -0.2) is 10.4 Å². The van der Waals surface area contributed by atoms with Crippen molar-refractivity contribution in [2.75, 3.05) is 5.43 Å². The number of hydrogen-bond acceptors (Lipinski definition) is 3. The first-order valence-electron chi connectivity index (χ1n) is 2.14. The summed E-state index contributed by atoms with van der Waals surface area (Å²) in [6, 6.07) is 0. The summed E-state index contributed by atoms with van der Waals surface area (Å²) in [5, 5.41) is 3.38. The van der Waals surface area contributed by atoms with Gasteiger partial charge in [0, 0.05) is 19.1 Å². The van der Waals surface area contributed by atoms with Crippen molar-refractivity contribution in [3.05, 3.63) is 12.4 Å². The first kappa shape index (κ1) is 4.83. The number of imidazole rings is 1. The van der Waals surface area contributed by atoms with Crippen LogP contribution >= 0.6 is 0 Å². The van der Waals surface area contributed by atoms with Gasteiger partial charge in [0.2, 0.25) is 5.95 Å². The number of H-pyrrole nitrogens is 1. The molecule has 2 N–H and O–H groups in total. The second kappa shape index (κ2) is 2.11. The van der Waals surface area contributed by atoms with Gasteiger partial charge in [0.25, 0.3) is 0 Å². The van der Waals surface area contributed by atoms with Gasteiger partial charge in [0.15, 0.2) is 0 Å². The normalized spacial score (nSPS) is 8.50. The summed E-state index contributed by atoms with van der Waals surface area (Å²) >= 11 is 0. The van der Waals surface area contributed by atoms with Crippen LogP contribution in [0.5, 0.6) is 0 Å². The highest BCUT2D eigenvalue weighted by atomic mass is 15.3. The number of rotatable bonds is 2. The summed E-state index contributed by atoms with van der Waals surface area (Å²) in [6.45, 7) is 3.21. The van der Waals surface area contributed by atoms with E-state index in [0.717, 1.165) is 0 Å². The molecule has 0 aliphatic rings. The fourth-order valence-electron chi connectivity index (χ4n) is 0.401. The van der Waals surface area contributed by atoms with E-state index in [0.29, 0.717) is 5.95 Å². The van der Waals surface area contributed by atoms with E-state index in [1.807, 2.05) is 0 Å². The van der Waals surface area contributed by atoms with Crippen LogP contribution in [0.1, 0.15) is 0 Å². The van der Waals surface area contributed by atoms with E-state index < -0.39 is 0 Å². The standard InChI is InChI=1S/C4H6N4/c1-5-8-4-6-2-3-7-4/h2-3H,1H2,(H2,6,7,8). The molecule has 0 amide bonds. The van der Waals surface area contributed by atoms with Crippen molar-refractivity contribution < 1.29 is 0 Å². The predicted octanol–water partition coefficient (Wildman–Crippen LogP) is 0.437. The Morgan fingerprint density at radius 2 is 2.75 bits per heavy atom. The maximum absolute atomic E-state index is 3.81. The molecule has 0 radical (unpaired) electrons. The summed E-state index contributed by atoms with van der Waals surface area (Å²) in [4.78, 5) is 6.59. The minimum atomic E-state index is 0.611. The molecule has 42 valence electrons. The van der Waals surface area contributed by atoms with E-state index in [1.165, 1.54) is 0 Å². The molecular weight excluding hydrogens is 104 g/mol. The largest absolute Gasteiger partial charge is 0.330 e. The van der Waals surface area contributed by atoms with Crippen LogP contribution in [0.25, 0.3) is 0 Å². The smallest absolute Gasteiger partial charge is 0.220 e. The van der Waals surface area contributed by atoms with Gasteiger partial charge in [0.05, 0.1) is 0 Å². The van der Waals surface area contributed by atoms with Crippen molar-refractivity contribution in [1.29, 1.82) is 0 Å². The van der Waals surface area contributed by atoms with Crippen LogP contribution in [0.3, 0.4) is 0 Å². The van der Waals surface area contributed by atoms with Gasteiger partial charge in [0.1, 0.15) is 0 Å². The fraction of sp³-hybridized carbons (Fsp3) is 0. The van der Waals surface area contributed by atoms with Crippen molar-refractivity contribution in [2.24, 2.45) is 5.10 Å². The highest BCUT2D eigenvalue weighted by molar-refractivity contribution is 5.30. The molecule has 0 aromatic carbocycles. The van der Waals surface area contributed by atoms with Gasteiger partial charge < -0.3 is 4.98 Å². The maximum atomic E-state index is 3.81. The van der Waals surface area contributed by atoms with Crippen molar-refractivity contribution in [3.63, 3.8) is 0 Å². The Morgan fingerprint density at radius 1 is 1.88 bits per heavy atom. The quantitative estimate of drug-likeness (QED) is 0.428. The lowest BCUT2D eigenvalue weighted by molar-refractivity contribution is 1.21. The zero-order valence-electron chi connectivity index (χ0n) is 4.26. The summed E-state index contributed by atoms with van der Waals surface area (Å²) in [6.07, 6.45) is 3.33. The minimum Gasteiger partial charge on any atom is -0.330 e. The Balaban J connectivity index is 2.62. The van der Waals surface area contributed by atoms with E-state index in [2.05, 4.69) is 27.2 Å². The highest BCUT2D eigenvalue weighted by Gasteiger charge is 1.83. The van der Waals surface area contributed by atoms with Crippen LogP contribution < -0.4 is 5.43 Å². The summed E-state index contributed by atoms with van der Waals surface area (Å²) in [5.41, 5.74) is 2.53. The average molecular weight is 110 g/mol. The fourth-order valence-corrected chi connectivity index (χ4v) is 0.401. The molecular formula is C4H6N4. The summed E-state index contributed by atoms with van der Waals surface area (Å²) in [5.74, 6) is 0.611. The molecule has 0 aliphatic carbocycles. The number of aromatic nitrogens is 2. The molecule has 8 heavy (non-hydrogen) atoms. The highest BCUT2D eigenvalue weighted by Crippen LogP contribution is 1.91. The van der Waals surface area contributed by atoms with Crippen LogP contribution in [-0.2, 0) is 0 Å². The van der Waals surface area contributed by atoms with Gasteiger partial charge in [-0.3, -0.25) is 0 Å². The summed E-state index contributed by atoms with van der Waals surface area (Å²) < 4.78 is 0. The van der Waals surface area contributed by atoms with Crippen LogP contribution in [0, 0.1) is 0 Å². The number of nitrogens with zero attached hydrogens (tertiary/aromatic N) is 2. The lowest BCUT2D eigenvalue weighted by Gasteiger charge is -1.87. The molecule has 0 spiro atoms. The van der Waals surface area contributed by atoms with Gasteiger partial charge in [-0.15, -0.1) is 0 Å². The second-order valence-electron chi connectivity index (χ2n) is 1.21. The van der Waals surface area contributed by atoms with Crippen molar-refractivity contribution in [3.8, 4) is 0 Å². The van der Waals surface area contributed by atoms with Gasteiger partial charge in [-0.1, -0.05) is 0 Å². The first-order valence-corrected chi connectivity index (χ1v) is 2.14. The van der Waals surface area contributed by atoms with Crippen LogP contribution in [0.2, 0.25) is 0 Å². The van der Waals surface area contributed by atoms with E-state index in [4.69, 9.17) is 0 Å². The molecule has 0 saturated heterocycles. The molecule has 4 nitrogen and oxygen atoms in total. The Hall–Kier alpha value is -1.32. The molecule has 4 heteroatoms.